The molecule has 0 spiro atoms. The van der Waals surface area contributed by atoms with Crippen LogP contribution < -0.4 is 5.32 Å². The van der Waals surface area contributed by atoms with Gasteiger partial charge in [0, 0.05) is 44.0 Å². The number of carbonyl (C=O) groups is 1. The molecule has 5 rings (SSSR count). The number of furan rings is 1. The molecule has 0 saturated carbocycles. The molecule has 172 valence electrons. The predicted octanol–water partition coefficient (Wildman–Crippen LogP) is 4.40. The SMILES string of the molecule is O=C(NCc1cccnc1)c1cc2cc(C3(O)CCN(C[C@H]4CC=CCC4)CC3)ccc2o1. The average molecular weight is 446 g/mol. The van der Waals surface area contributed by atoms with E-state index >= 15 is 0 Å². The third-order valence-corrected chi connectivity index (χ3v) is 7.03. The number of amides is 1. The molecule has 1 saturated heterocycles. The number of nitrogens with zero attached hydrogens (tertiary/aromatic N) is 2. The zero-order valence-electron chi connectivity index (χ0n) is 18.9. The van der Waals surface area contributed by atoms with Crippen molar-refractivity contribution in [1.82, 2.24) is 15.2 Å². The van der Waals surface area contributed by atoms with Gasteiger partial charge in [-0.15, -0.1) is 0 Å². The highest BCUT2D eigenvalue weighted by Crippen LogP contribution is 2.35. The number of hydrogen-bond acceptors (Lipinski definition) is 5. The van der Waals surface area contributed by atoms with E-state index in [0.29, 0.717) is 12.1 Å². The highest BCUT2D eigenvalue weighted by Gasteiger charge is 2.34. The number of nitrogens with one attached hydrogen (secondary N) is 1. The fourth-order valence-electron chi connectivity index (χ4n) is 5.00. The standard InChI is InChI=1S/C27H31N3O3/c31-26(29-18-21-7-4-12-28-17-21)25-16-22-15-23(8-9-24(22)33-25)27(32)10-13-30(14-11-27)19-20-5-2-1-3-6-20/h1-2,4,7-9,12,15-17,20,32H,3,5-6,10-11,13-14,18-19H2,(H,29,31)/t20-/m0/s1. The first kappa shape index (κ1) is 21.9. The second-order valence-electron chi connectivity index (χ2n) is 9.39. The van der Waals surface area contributed by atoms with Crippen LogP contribution in [0.3, 0.4) is 0 Å². The first-order chi connectivity index (χ1) is 16.1. The van der Waals surface area contributed by atoms with E-state index in [9.17, 15) is 9.90 Å². The van der Waals surface area contributed by atoms with E-state index in [0.717, 1.165) is 54.9 Å². The van der Waals surface area contributed by atoms with Crippen LogP contribution in [0.1, 0.15) is 53.8 Å². The largest absolute Gasteiger partial charge is 0.451 e. The Balaban J connectivity index is 1.23. The van der Waals surface area contributed by atoms with E-state index in [2.05, 4.69) is 27.4 Å². The van der Waals surface area contributed by atoms with Crippen molar-refractivity contribution >= 4 is 16.9 Å². The third-order valence-electron chi connectivity index (χ3n) is 7.03. The Kier molecular flexibility index (Phi) is 6.29. The van der Waals surface area contributed by atoms with Gasteiger partial charge < -0.3 is 19.7 Å². The molecule has 2 N–H and O–H groups in total. The Morgan fingerprint density at radius 2 is 2.09 bits per heavy atom. The highest BCUT2D eigenvalue weighted by atomic mass is 16.3. The van der Waals surface area contributed by atoms with Crippen LogP contribution in [0, 0.1) is 5.92 Å². The number of likely N-dealkylation sites (tertiary alicyclic amines) is 1. The van der Waals surface area contributed by atoms with Crippen LogP contribution in [0.4, 0.5) is 0 Å². The number of aliphatic hydroxyl groups is 1. The van der Waals surface area contributed by atoms with Crippen molar-refractivity contribution in [3.63, 3.8) is 0 Å². The number of allylic oxidation sites excluding steroid dienone is 2. The summed E-state index contributed by atoms with van der Waals surface area (Å²) in [5, 5.41) is 15.1. The average Bonchev–Trinajstić information content (AvgIpc) is 3.29. The van der Waals surface area contributed by atoms with E-state index in [1.54, 1.807) is 18.5 Å². The molecule has 1 fully saturated rings. The lowest BCUT2D eigenvalue weighted by atomic mass is 9.83. The molecule has 1 atom stereocenters. The van der Waals surface area contributed by atoms with Crippen LogP contribution in [-0.4, -0.2) is 40.5 Å². The van der Waals surface area contributed by atoms with Gasteiger partial charge in [-0.3, -0.25) is 9.78 Å². The summed E-state index contributed by atoms with van der Waals surface area (Å²) in [6.45, 7) is 3.32. The first-order valence-corrected chi connectivity index (χ1v) is 11.9. The van der Waals surface area contributed by atoms with Gasteiger partial charge in [0.25, 0.3) is 5.91 Å². The molecule has 6 nitrogen and oxygen atoms in total. The van der Waals surface area contributed by atoms with Crippen molar-refractivity contribution in [2.24, 2.45) is 5.92 Å². The molecule has 0 radical (unpaired) electrons. The Morgan fingerprint density at radius 3 is 2.85 bits per heavy atom. The van der Waals surface area contributed by atoms with E-state index in [4.69, 9.17) is 4.42 Å². The number of pyridine rings is 1. The lowest BCUT2D eigenvalue weighted by molar-refractivity contribution is -0.0289. The molecule has 0 bridgehead atoms. The topological polar surface area (TPSA) is 78.6 Å². The van der Waals surface area contributed by atoms with Crippen molar-refractivity contribution in [3.8, 4) is 0 Å². The minimum Gasteiger partial charge on any atom is -0.451 e. The van der Waals surface area contributed by atoms with Crippen molar-refractivity contribution in [2.45, 2.75) is 44.2 Å². The molecule has 1 aliphatic heterocycles. The van der Waals surface area contributed by atoms with Gasteiger partial charge in [-0.1, -0.05) is 24.3 Å². The maximum atomic E-state index is 12.6. The second kappa shape index (κ2) is 9.49. The predicted molar refractivity (Wildman–Crippen MR) is 128 cm³/mol. The van der Waals surface area contributed by atoms with Crippen molar-refractivity contribution in [1.29, 1.82) is 0 Å². The minimum absolute atomic E-state index is 0.263. The molecule has 2 aliphatic rings. The quantitative estimate of drug-likeness (QED) is 0.550. The van der Waals surface area contributed by atoms with Crippen LogP contribution in [0.25, 0.3) is 11.0 Å². The summed E-state index contributed by atoms with van der Waals surface area (Å²) in [5.74, 6) is 0.752. The fraction of sp³-hybridized carbons (Fsp3) is 0.407. The lowest BCUT2D eigenvalue weighted by Gasteiger charge is -2.40. The zero-order valence-corrected chi connectivity index (χ0v) is 18.9. The number of aromatic nitrogens is 1. The summed E-state index contributed by atoms with van der Waals surface area (Å²) in [7, 11) is 0. The molecule has 1 aliphatic carbocycles. The van der Waals surface area contributed by atoms with Gasteiger partial charge >= 0.3 is 0 Å². The molecule has 3 heterocycles. The molecule has 1 aromatic carbocycles. The molecule has 3 aromatic rings. The van der Waals surface area contributed by atoms with Crippen LogP contribution in [0.2, 0.25) is 0 Å². The smallest absolute Gasteiger partial charge is 0.287 e. The fourth-order valence-corrected chi connectivity index (χ4v) is 5.00. The van der Waals surface area contributed by atoms with E-state index in [-0.39, 0.29) is 11.7 Å². The van der Waals surface area contributed by atoms with Crippen LogP contribution in [0.15, 0.2) is 65.4 Å². The van der Waals surface area contributed by atoms with Gasteiger partial charge in [0.15, 0.2) is 5.76 Å². The maximum absolute atomic E-state index is 12.6. The molecular formula is C27H31N3O3. The molecule has 2 aromatic heterocycles. The Bertz CT molecular complexity index is 1130. The summed E-state index contributed by atoms with van der Waals surface area (Å²) in [4.78, 5) is 19.1. The second-order valence-corrected chi connectivity index (χ2v) is 9.39. The van der Waals surface area contributed by atoms with Crippen LogP contribution >= 0.6 is 0 Å². The number of fused-ring (bicyclic) bond motifs is 1. The van der Waals surface area contributed by atoms with Gasteiger partial charge in [-0.25, -0.2) is 0 Å². The van der Waals surface area contributed by atoms with E-state index < -0.39 is 5.60 Å². The minimum atomic E-state index is -0.836. The maximum Gasteiger partial charge on any atom is 0.287 e. The summed E-state index contributed by atoms with van der Waals surface area (Å²) in [5.41, 5.74) is 1.64. The zero-order chi connectivity index (χ0) is 22.7. The highest BCUT2D eigenvalue weighted by molar-refractivity contribution is 5.96. The third kappa shape index (κ3) is 5.02. The van der Waals surface area contributed by atoms with Gasteiger partial charge in [-0.05, 0) is 73.4 Å². The number of piperidine rings is 1. The summed E-state index contributed by atoms with van der Waals surface area (Å²) in [6, 6.07) is 11.3. The first-order valence-electron chi connectivity index (χ1n) is 11.9. The number of benzene rings is 1. The van der Waals surface area contributed by atoms with Gasteiger partial charge in [0.1, 0.15) is 5.58 Å². The van der Waals surface area contributed by atoms with E-state index in [1.165, 1.54) is 19.3 Å². The van der Waals surface area contributed by atoms with Crippen molar-refractivity contribution in [2.75, 3.05) is 19.6 Å². The van der Waals surface area contributed by atoms with Crippen molar-refractivity contribution in [3.05, 3.63) is 77.8 Å². The molecule has 33 heavy (non-hydrogen) atoms. The van der Waals surface area contributed by atoms with Gasteiger partial charge in [-0.2, -0.15) is 0 Å². The molecule has 6 heteroatoms. The summed E-state index contributed by atoms with van der Waals surface area (Å²) >= 11 is 0. The summed E-state index contributed by atoms with van der Waals surface area (Å²) in [6.07, 6.45) is 13.1. The lowest BCUT2D eigenvalue weighted by Crippen LogP contribution is -2.44. The van der Waals surface area contributed by atoms with Crippen molar-refractivity contribution < 1.29 is 14.3 Å². The van der Waals surface area contributed by atoms with Gasteiger partial charge in [0.2, 0.25) is 0 Å². The normalized spacial score (nSPS) is 20.7. The Labute approximate surface area is 194 Å². The van der Waals surface area contributed by atoms with Crippen LogP contribution in [-0.2, 0) is 12.1 Å². The van der Waals surface area contributed by atoms with Gasteiger partial charge in [0.05, 0.1) is 5.60 Å². The molecular weight excluding hydrogens is 414 g/mol. The van der Waals surface area contributed by atoms with Crippen LogP contribution in [0.5, 0.6) is 0 Å². The number of carbonyl (C=O) groups excluding carboxylic acids is 1. The number of hydrogen-bond donors (Lipinski definition) is 2. The Hall–Kier alpha value is -2.96. The number of rotatable bonds is 6. The Morgan fingerprint density at radius 1 is 1.21 bits per heavy atom. The molecule has 0 unspecified atom stereocenters. The summed E-state index contributed by atoms with van der Waals surface area (Å²) < 4.78 is 5.77. The molecule has 1 amide bonds. The van der Waals surface area contributed by atoms with E-state index in [1.807, 2.05) is 30.3 Å². The monoisotopic (exact) mass is 445 g/mol.